The topological polar surface area (TPSA) is 58.2 Å². The molecule has 2 atom stereocenters. The predicted octanol–water partition coefficient (Wildman–Crippen LogP) is 1.18. The summed E-state index contributed by atoms with van der Waals surface area (Å²) in [5.41, 5.74) is 1.25. The van der Waals surface area contributed by atoms with E-state index in [0.29, 0.717) is 18.8 Å². The minimum atomic E-state index is -0.242. The van der Waals surface area contributed by atoms with Crippen LogP contribution in [0.1, 0.15) is 31.2 Å². The number of hydrogen-bond donors (Lipinski definition) is 2. The Kier molecular flexibility index (Phi) is 4.10. The van der Waals surface area contributed by atoms with Gasteiger partial charge in [-0.1, -0.05) is 37.3 Å². The van der Waals surface area contributed by atoms with Gasteiger partial charge >= 0.3 is 0 Å². The van der Waals surface area contributed by atoms with Crippen molar-refractivity contribution in [3.05, 3.63) is 35.9 Å². The van der Waals surface area contributed by atoms with Gasteiger partial charge in [0.25, 0.3) is 0 Å². The van der Waals surface area contributed by atoms with Crippen molar-refractivity contribution in [1.29, 1.82) is 0 Å². The van der Waals surface area contributed by atoms with Gasteiger partial charge in [-0.25, -0.2) is 0 Å². The number of piperidine rings is 1. The van der Waals surface area contributed by atoms with Gasteiger partial charge in [-0.15, -0.1) is 0 Å². The Hall–Kier alpha value is -1.68. The van der Waals surface area contributed by atoms with E-state index in [0.717, 1.165) is 6.54 Å². The van der Waals surface area contributed by atoms with Crippen molar-refractivity contribution in [3.63, 3.8) is 0 Å². The van der Waals surface area contributed by atoms with Crippen molar-refractivity contribution < 1.29 is 9.59 Å². The maximum atomic E-state index is 11.6. The van der Waals surface area contributed by atoms with Crippen LogP contribution in [0, 0.1) is 0 Å². The molecule has 18 heavy (non-hydrogen) atoms. The normalized spacial score (nSPS) is 21.5. The molecule has 0 radical (unpaired) electrons. The molecule has 2 amide bonds. The molecule has 1 aromatic rings. The van der Waals surface area contributed by atoms with Crippen LogP contribution in [0.4, 0.5) is 0 Å². The molecule has 4 heteroatoms. The van der Waals surface area contributed by atoms with Gasteiger partial charge in [-0.05, 0) is 17.9 Å². The second-order valence-corrected chi connectivity index (χ2v) is 4.72. The first-order valence-electron chi connectivity index (χ1n) is 6.29. The molecule has 2 rings (SSSR count). The number of benzene rings is 1. The number of carbonyl (C=O) groups excluding carboxylic acids is 2. The molecule has 1 aliphatic heterocycles. The van der Waals surface area contributed by atoms with Crippen molar-refractivity contribution in [3.8, 4) is 0 Å². The Morgan fingerprint density at radius 3 is 2.72 bits per heavy atom. The van der Waals surface area contributed by atoms with Gasteiger partial charge in [0.15, 0.2) is 0 Å². The standard InChI is InChI=1S/C14H18N2O2/c1-10(11-5-3-2-4-6-11)9-15-12-7-8-13(17)16-14(12)18/h2-6,10,12,15H,7-9H2,1H3,(H,16,17,18). The van der Waals surface area contributed by atoms with Crippen LogP contribution in [0.15, 0.2) is 30.3 Å². The number of carbonyl (C=O) groups is 2. The third-order valence-corrected chi connectivity index (χ3v) is 3.28. The average molecular weight is 246 g/mol. The molecule has 0 aliphatic carbocycles. The number of rotatable bonds is 4. The van der Waals surface area contributed by atoms with E-state index in [-0.39, 0.29) is 17.9 Å². The molecule has 2 unspecified atom stereocenters. The lowest BCUT2D eigenvalue weighted by Gasteiger charge is -2.23. The second kappa shape index (κ2) is 5.78. The van der Waals surface area contributed by atoms with Crippen LogP contribution in [0.25, 0.3) is 0 Å². The third kappa shape index (κ3) is 3.17. The molecule has 2 N–H and O–H groups in total. The van der Waals surface area contributed by atoms with Crippen LogP contribution in [0.2, 0.25) is 0 Å². The predicted molar refractivity (Wildman–Crippen MR) is 69.0 cm³/mol. The summed E-state index contributed by atoms with van der Waals surface area (Å²) in [6, 6.07) is 9.93. The van der Waals surface area contributed by atoms with Crippen molar-refractivity contribution in [2.24, 2.45) is 0 Å². The van der Waals surface area contributed by atoms with Gasteiger partial charge < -0.3 is 5.32 Å². The van der Waals surface area contributed by atoms with Gasteiger partial charge in [0.2, 0.25) is 11.8 Å². The highest BCUT2D eigenvalue weighted by Gasteiger charge is 2.26. The molecule has 0 spiro atoms. The SMILES string of the molecule is CC(CNC1CCC(=O)NC1=O)c1ccccc1. The van der Waals surface area contributed by atoms with E-state index >= 15 is 0 Å². The number of hydrogen-bond acceptors (Lipinski definition) is 3. The number of imide groups is 1. The summed E-state index contributed by atoms with van der Waals surface area (Å²) in [6.07, 6.45) is 1.01. The smallest absolute Gasteiger partial charge is 0.243 e. The molecule has 1 fully saturated rings. The van der Waals surface area contributed by atoms with Gasteiger partial charge in [-0.2, -0.15) is 0 Å². The highest BCUT2D eigenvalue weighted by Crippen LogP contribution is 2.14. The first kappa shape index (κ1) is 12.8. The van der Waals surface area contributed by atoms with Crippen molar-refractivity contribution in [2.75, 3.05) is 6.54 Å². The maximum absolute atomic E-state index is 11.6. The fourth-order valence-corrected chi connectivity index (χ4v) is 2.11. The number of nitrogens with one attached hydrogen (secondary N) is 2. The maximum Gasteiger partial charge on any atom is 0.243 e. The summed E-state index contributed by atoms with van der Waals surface area (Å²) in [5.74, 6) is -0.0303. The van der Waals surface area contributed by atoms with E-state index in [2.05, 4.69) is 29.7 Å². The van der Waals surface area contributed by atoms with Gasteiger partial charge in [0.1, 0.15) is 0 Å². The van der Waals surface area contributed by atoms with Gasteiger partial charge in [0.05, 0.1) is 6.04 Å². The molecule has 1 heterocycles. The summed E-state index contributed by atoms with van der Waals surface area (Å²) in [7, 11) is 0. The molecule has 0 aromatic heterocycles. The van der Waals surface area contributed by atoms with E-state index in [1.54, 1.807) is 0 Å². The Balaban J connectivity index is 1.85. The summed E-state index contributed by atoms with van der Waals surface area (Å²) in [5, 5.41) is 5.58. The molecule has 4 nitrogen and oxygen atoms in total. The zero-order chi connectivity index (χ0) is 13.0. The Morgan fingerprint density at radius 1 is 1.33 bits per heavy atom. The van der Waals surface area contributed by atoms with Gasteiger partial charge in [0, 0.05) is 13.0 Å². The minimum Gasteiger partial charge on any atom is -0.305 e. The van der Waals surface area contributed by atoms with E-state index < -0.39 is 0 Å². The molecule has 0 saturated carbocycles. The summed E-state index contributed by atoms with van der Waals surface area (Å²) < 4.78 is 0. The van der Waals surface area contributed by atoms with Crippen LogP contribution >= 0.6 is 0 Å². The van der Waals surface area contributed by atoms with E-state index in [4.69, 9.17) is 0 Å². The van der Waals surface area contributed by atoms with E-state index in [9.17, 15) is 9.59 Å². The third-order valence-electron chi connectivity index (χ3n) is 3.28. The molecular weight excluding hydrogens is 228 g/mol. The van der Waals surface area contributed by atoms with Crippen molar-refractivity contribution >= 4 is 11.8 Å². The monoisotopic (exact) mass is 246 g/mol. The van der Waals surface area contributed by atoms with E-state index in [1.165, 1.54) is 5.56 Å². The second-order valence-electron chi connectivity index (χ2n) is 4.72. The van der Waals surface area contributed by atoms with Crippen molar-refractivity contribution in [2.45, 2.75) is 31.7 Å². The Bertz CT molecular complexity index is 431. The molecular formula is C14H18N2O2. The summed E-state index contributed by atoms with van der Waals surface area (Å²) >= 11 is 0. The first-order chi connectivity index (χ1) is 8.66. The molecule has 1 saturated heterocycles. The summed E-state index contributed by atoms with van der Waals surface area (Å²) in [6.45, 7) is 2.85. The van der Waals surface area contributed by atoms with Gasteiger partial charge in [-0.3, -0.25) is 14.9 Å². The van der Waals surface area contributed by atoms with Crippen LogP contribution in [-0.2, 0) is 9.59 Å². The van der Waals surface area contributed by atoms with Crippen LogP contribution in [0.3, 0.4) is 0 Å². The zero-order valence-electron chi connectivity index (χ0n) is 10.5. The average Bonchev–Trinajstić information content (AvgIpc) is 2.38. The summed E-state index contributed by atoms with van der Waals surface area (Å²) in [4.78, 5) is 22.6. The van der Waals surface area contributed by atoms with Crippen LogP contribution < -0.4 is 10.6 Å². The fourth-order valence-electron chi connectivity index (χ4n) is 2.11. The quantitative estimate of drug-likeness (QED) is 0.784. The van der Waals surface area contributed by atoms with Crippen LogP contribution in [-0.4, -0.2) is 24.4 Å². The highest BCUT2D eigenvalue weighted by molar-refractivity contribution is 6.00. The van der Waals surface area contributed by atoms with Crippen LogP contribution in [0.5, 0.6) is 0 Å². The first-order valence-corrected chi connectivity index (χ1v) is 6.29. The fraction of sp³-hybridized carbons (Fsp3) is 0.429. The Labute approximate surface area is 107 Å². The lowest BCUT2D eigenvalue weighted by Crippen LogP contribution is -2.51. The zero-order valence-corrected chi connectivity index (χ0v) is 10.5. The Morgan fingerprint density at radius 2 is 2.06 bits per heavy atom. The number of amides is 2. The highest BCUT2D eigenvalue weighted by atomic mass is 16.2. The largest absolute Gasteiger partial charge is 0.305 e. The molecule has 0 bridgehead atoms. The van der Waals surface area contributed by atoms with Crippen molar-refractivity contribution in [1.82, 2.24) is 10.6 Å². The lowest BCUT2D eigenvalue weighted by molar-refractivity contribution is -0.134. The molecule has 1 aliphatic rings. The van der Waals surface area contributed by atoms with E-state index in [1.807, 2.05) is 18.2 Å². The minimum absolute atomic E-state index is 0.172. The molecule has 1 aromatic carbocycles. The molecule has 96 valence electrons. The lowest BCUT2D eigenvalue weighted by atomic mass is 10.00.